The predicted molar refractivity (Wildman–Crippen MR) is 50.5 cm³/mol. The van der Waals surface area contributed by atoms with Crippen molar-refractivity contribution in [2.45, 2.75) is 25.8 Å². The Labute approximate surface area is 67.2 Å². The molecule has 0 heterocycles. The van der Waals surface area contributed by atoms with E-state index in [1.165, 1.54) is 10.2 Å². The molecule has 0 aliphatic heterocycles. The number of rotatable bonds is 5. The maximum absolute atomic E-state index is 3.35. The van der Waals surface area contributed by atoms with Crippen molar-refractivity contribution in [3.8, 4) is 0 Å². The number of nitrogens with one attached hydrogen (secondary N) is 2. The zero-order valence-electron chi connectivity index (χ0n) is 7.62. The van der Waals surface area contributed by atoms with Crippen LogP contribution in [0, 0.1) is 0 Å². The molecule has 0 unspecified atom stereocenters. The Morgan fingerprint density at radius 2 is 1.90 bits per heavy atom. The number of hydrogen-bond acceptors (Lipinski definition) is 2. The zero-order chi connectivity index (χ0) is 8.04. The third kappa shape index (κ3) is 8.14. The second-order valence-corrected chi connectivity index (χ2v) is 6.47. The molecular formula is C7H20N2Si. The van der Waals surface area contributed by atoms with Gasteiger partial charge in [0.1, 0.15) is 0 Å². The number of hydrogen-bond donors (Lipinski definition) is 2. The monoisotopic (exact) mass is 160 g/mol. The summed E-state index contributed by atoms with van der Waals surface area (Å²) < 4.78 is 0. The summed E-state index contributed by atoms with van der Waals surface area (Å²) in [4.78, 5) is 0. The highest BCUT2D eigenvalue weighted by Crippen LogP contribution is 2.14. The van der Waals surface area contributed by atoms with Crippen molar-refractivity contribution in [1.82, 2.24) is 10.6 Å². The molecule has 2 N–H and O–H groups in total. The molecule has 0 saturated heterocycles. The molecule has 0 spiro atoms. The highest BCUT2D eigenvalue weighted by molar-refractivity contribution is 6.14. The summed E-state index contributed by atoms with van der Waals surface area (Å²) in [5, 5.41) is 7.11. The van der Waals surface area contributed by atoms with Gasteiger partial charge in [-0.25, -0.2) is 0 Å². The first-order valence-corrected chi connectivity index (χ1v) is 4.97. The van der Waals surface area contributed by atoms with Crippen LogP contribution < -0.4 is 10.6 Å². The summed E-state index contributed by atoms with van der Waals surface area (Å²) in [7, 11) is 1.26. The van der Waals surface area contributed by atoms with Gasteiger partial charge in [-0.1, -0.05) is 20.8 Å². The predicted octanol–water partition coefficient (Wildman–Crippen LogP) is -0.293. The third-order valence-electron chi connectivity index (χ3n) is 1.16. The third-order valence-corrected chi connectivity index (χ3v) is 1.51. The van der Waals surface area contributed by atoms with E-state index >= 15 is 0 Å². The van der Waals surface area contributed by atoms with Crippen LogP contribution in [-0.2, 0) is 0 Å². The molecule has 0 saturated carbocycles. The van der Waals surface area contributed by atoms with Gasteiger partial charge >= 0.3 is 0 Å². The molecular weight excluding hydrogens is 140 g/mol. The summed E-state index contributed by atoms with van der Waals surface area (Å²) in [6, 6.07) is 0. The Hall–Kier alpha value is 0.137. The van der Waals surface area contributed by atoms with Crippen molar-refractivity contribution in [2.75, 3.05) is 19.8 Å². The van der Waals surface area contributed by atoms with Crippen molar-refractivity contribution in [3.05, 3.63) is 0 Å². The normalized spacial score (nSPS) is 12.3. The minimum Gasteiger partial charge on any atom is -0.305 e. The second-order valence-electron chi connectivity index (χ2n) is 3.77. The smallest absolute Gasteiger partial charge is 0.0454 e. The van der Waals surface area contributed by atoms with Crippen molar-refractivity contribution in [2.24, 2.45) is 0 Å². The lowest BCUT2D eigenvalue weighted by molar-refractivity contribution is 0.534. The van der Waals surface area contributed by atoms with E-state index in [1.54, 1.807) is 0 Å². The van der Waals surface area contributed by atoms with Crippen molar-refractivity contribution < 1.29 is 0 Å². The maximum Gasteiger partial charge on any atom is 0.0454 e. The van der Waals surface area contributed by atoms with E-state index < -0.39 is 0 Å². The van der Waals surface area contributed by atoms with Gasteiger partial charge in [-0.05, 0) is 18.1 Å². The zero-order valence-corrected chi connectivity index (χ0v) is 9.62. The molecule has 10 heavy (non-hydrogen) atoms. The van der Waals surface area contributed by atoms with E-state index in [0.717, 1.165) is 19.8 Å². The molecule has 0 atom stereocenters. The fourth-order valence-electron chi connectivity index (χ4n) is 0.651. The minimum atomic E-state index is 0.537. The lowest BCUT2D eigenvalue weighted by Crippen LogP contribution is -2.33. The van der Waals surface area contributed by atoms with Gasteiger partial charge in [-0.3, -0.25) is 0 Å². The van der Waals surface area contributed by atoms with Gasteiger partial charge in [0, 0.05) is 16.9 Å². The highest BCUT2D eigenvalue weighted by atomic mass is 28.1. The molecule has 0 aromatic heterocycles. The first-order chi connectivity index (χ1) is 4.56. The topological polar surface area (TPSA) is 24.1 Å². The van der Waals surface area contributed by atoms with E-state index in [9.17, 15) is 0 Å². The average Bonchev–Trinajstić information content (AvgIpc) is 1.78. The van der Waals surface area contributed by atoms with Crippen LogP contribution in [0.5, 0.6) is 0 Å². The Morgan fingerprint density at radius 3 is 2.30 bits per heavy atom. The van der Waals surface area contributed by atoms with Gasteiger partial charge < -0.3 is 10.6 Å². The van der Waals surface area contributed by atoms with Crippen LogP contribution in [0.4, 0.5) is 0 Å². The van der Waals surface area contributed by atoms with Crippen LogP contribution in [0.1, 0.15) is 20.8 Å². The van der Waals surface area contributed by atoms with Gasteiger partial charge in [0.25, 0.3) is 0 Å². The molecule has 0 rings (SSSR count). The van der Waals surface area contributed by atoms with E-state index in [0.29, 0.717) is 5.04 Å². The summed E-state index contributed by atoms with van der Waals surface area (Å²) >= 11 is 0. The molecule has 0 fully saturated rings. The van der Waals surface area contributed by atoms with Crippen LogP contribution in [0.15, 0.2) is 0 Å². The van der Waals surface area contributed by atoms with Crippen LogP contribution in [0.2, 0.25) is 5.04 Å². The fraction of sp³-hybridized carbons (Fsp3) is 1.00. The summed E-state index contributed by atoms with van der Waals surface area (Å²) in [5.41, 5.74) is 0. The standard InChI is InChI=1S/C7H20N2Si/c1-4-8-6-9-5-7(2,3)10/h8-9H,4-6H2,1-3,10H3. The first kappa shape index (κ1) is 10.1. The maximum atomic E-state index is 3.35. The Bertz CT molecular complexity index is 78.2. The van der Waals surface area contributed by atoms with Crippen LogP contribution in [0.3, 0.4) is 0 Å². The van der Waals surface area contributed by atoms with Crippen molar-refractivity contribution >= 4 is 10.2 Å². The van der Waals surface area contributed by atoms with Crippen LogP contribution in [0.25, 0.3) is 0 Å². The van der Waals surface area contributed by atoms with Gasteiger partial charge in [-0.2, -0.15) is 0 Å². The van der Waals surface area contributed by atoms with Gasteiger partial charge in [-0.15, -0.1) is 0 Å². The average molecular weight is 160 g/mol. The summed E-state index contributed by atoms with van der Waals surface area (Å²) in [5.74, 6) is 0. The van der Waals surface area contributed by atoms with Gasteiger partial charge in [0.15, 0.2) is 0 Å². The van der Waals surface area contributed by atoms with Gasteiger partial charge in [0.05, 0.1) is 0 Å². The van der Waals surface area contributed by atoms with Gasteiger partial charge in [0.2, 0.25) is 0 Å². The molecule has 3 heteroatoms. The fourth-order valence-corrected chi connectivity index (χ4v) is 0.901. The quantitative estimate of drug-likeness (QED) is 0.328. The van der Waals surface area contributed by atoms with Crippen LogP contribution in [-0.4, -0.2) is 30.0 Å². The molecule has 0 radical (unpaired) electrons. The van der Waals surface area contributed by atoms with E-state index in [1.807, 2.05) is 0 Å². The lowest BCUT2D eigenvalue weighted by Gasteiger charge is -2.18. The molecule has 0 aromatic rings. The Kier molecular flexibility index (Phi) is 4.94. The molecule has 0 bridgehead atoms. The van der Waals surface area contributed by atoms with E-state index in [-0.39, 0.29) is 0 Å². The molecule has 62 valence electrons. The molecule has 0 amide bonds. The van der Waals surface area contributed by atoms with Crippen molar-refractivity contribution in [1.29, 1.82) is 0 Å². The molecule has 0 aromatic carbocycles. The Balaban J connectivity index is 3.04. The summed E-state index contributed by atoms with van der Waals surface area (Å²) in [6.07, 6.45) is 0. The second kappa shape index (κ2) is 4.88. The molecule has 2 nitrogen and oxygen atoms in total. The lowest BCUT2D eigenvalue weighted by atomic mass is 10.2. The highest BCUT2D eigenvalue weighted by Gasteiger charge is 2.07. The first-order valence-electron chi connectivity index (χ1n) is 3.97. The SMILES string of the molecule is CCNCNCC(C)(C)[SiH3]. The van der Waals surface area contributed by atoms with Crippen LogP contribution >= 0.6 is 0 Å². The largest absolute Gasteiger partial charge is 0.305 e. The van der Waals surface area contributed by atoms with Crippen molar-refractivity contribution in [3.63, 3.8) is 0 Å². The molecule has 0 aliphatic rings. The Morgan fingerprint density at radius 1 is 1.30 bits per heavy atom. The molecule has 0 aliphatic carbocycles. The minimum absolute atomic E-state index is 0.537. The van der Waals surface area contributed by atoms with E-state index in [2.05, 4.69) is 31.4 Å². The van der Waals surface area contributed by atoms with E-state index in [4.69, 9.17) is 0 Å². The summed E-state index contributed by atoms with van der Waals surface area (Å²) in [6.45, 7) is 9.83.